The Hall–Kier alpha value is -2.65. The maximum atomic E-state index is 13.5. The van der Waals surface area contributed by atoms with Gasteiger partial charge in [0, 0.05) is 23.7 Å². The van der Waals surface area contributed by atoms with Crippen molar-refractivity contribution in [2.75, 3.05) is 13.2 Å². The Labute approximate surface area is 151 Å². The van der Waals surface area contributed by atoms with Crippen LogP contribution >= 0.6 is 0 Å². The fourth-order valence-electron chi connectivity index (χ4n) is 3.29. The quantitative estimate of drug-likeness (QED) is 0.638. The minimum atomic E-state index is -0.734. The third-order valence-electron chi connectivity index (χ3n) is 4.73. The molecule has 0 bridgehead atoms. The van der Waals surface area contributed by atoms with Gasteiger partial charge in [0.1, 0.15) is 6.61 Å². The SMILES string of the molecule is C#CCOCC1CCC(NC(=O)c2cnc3cc(O)c(F)cc3c2)CC1. The van der Waals surface area contributed by atoms with Crippen molar-refractivity contribution in [3.63, 3.8) is 0 Å². The highest BCUT2D eigenvalue weighted by atomic mass is 19.1. The van der Waals surface area contributed by atoms with E-state index in [0.717, 1.165) is 25.7 Å². The Morgan fingerprint density at radius 1 is 1.35 bits per heavy atom. The van der Waals surface area contributed by atoms with Crippen LogP contribution in [0.4, 0.5) is 4.39 Å². The van der Waals surface area contributed by atoms with E-state index in [-0.39, 0.29) is 11.9 Å². The van der Waals surface area contributed by atoms with E-state index in [9.17, 15) is 14.3 Å². The van der Waals surface area contributed by atoms with Gasteiger partial charge < -0.3 is 15.2 Å². The molecule has 2 aromatic rings. The van der Waals surface area contributed by atoms with Gasteiger partial charge in [0.25, 0.3) is 5.91 Å². The molecular formula is C20H21FN2O3. The molecule has 0 unspecified atom stereocenters. The Balaban J connectivity index is 1.58. The number of amides is 1. The smallest absolute Gasteiger partial charge is 0.253 e. The zero-order chi connectivity index (χ0) is 18.5. The number of phenolic OH excluding ortho intramolecular Hbond substituents is 1. The first-order valence-electron chi connectivity index (χ1n) is 8.67. The highest BCUT2D eigenvalue weighted by Gasteiger charge is 2.23. The summed E-state index contributed by atoms with van der Waals surface area (Å²) in [5.41, 5.74) is 0.815. The van der Waals surface area contributed by atoms with E-state index >= 15 is 0 Å². The molecule has 5 nitrogen and oxygen atoms in total. The van der Waals surface area contributed by atoms with Gasteiger partial charge in [0.2, 0.25) is 0 Å². The summed E-state index contributed by atoms with van der Waals surface area (Å²) in [6.07, 6.45) is 10.3. The summed E-state index contributed by atoms with van der Waals surface area (Å²) in [7, 11) is 0. The summed E-state index contributed by atoms with van der Waals surface area (Å²) in [4.78, 5) is 16.6. The largest absolute Gasteiger partial charge is 0.505 e. The fraction of sp³-hybridized carbons (Fsp3) is 0.400. The van der Waals surface area contributed by atoms with Crippen LogP contribution in [0.1, 0.15) is 36.0 Å². The van der Waals surface area contributed by atoms with Crippen LogP contribution in [0, 0.1) is 24.1 Å². The number of pyridine rings is 1. The van der Waals surface area contributed by atoms with Gasteiger partial charge in [-0.3, -0.25) is 9.78 Å². The van der Waals surface area contributed by atoms with Gasteiger partial charge in [-0.2, -0.15) is 0 Å². The molecule has 1 aliphatic carbocycles. The number of hydrogen-bond acceptors (Lipinski definition) is 4. The van der Waals surface area contributed by atoms with Gasteiger partial charge in [0.05, 0.1) is 17.7 Å². The van der Waals surface area contributed by atoms with Crippen molar-refractivity contribution >= 4 is 16.8 Å². The molecule has 2 N–H and O–H groups in total. The molecule has 1 aromatic carbocycles. The van der Waals surface area contributed by atoms with Crippen molar-refractivity contribution < 1.29 is 19.0 Å². The molecule has 1 aromatic heterocycles. The number of nitrogens with zero attached hydrogens (tertiary/aromatic N) is 1. The third kappa shape index (κ3) is 4.30. The number of carbonyl (C=O) groups is 1. The molecule has 0 spiro atoms. The highest BCUT2D eigenvalue weighted by Crippen LogP contribution is 2.26. The second-order valence-corrected chi connectivity index (χ2v) is 6.63. The van der Waals surface area contributed by atoms with Crippen LogP contribution in [-0.4, -0.2) is 35.3 Å². The maximum Gasteiger partial charge on any atom is 0.253 e. The molecule has 6 heteroatoms. The number of phenols is 1. The van der Waals surface area contributed by atoms with E-state index in [1.807, 2.05) is 0 Å². The molecule has 0 radical (unpaired) electrons. The second kappa shape index (κ2) is 8.15. The van der Waals surface area contributed by atoms with Gasteiger partial charge >= 0.3 is 0 Å². The Morgan fingerprint density at radius 2 is 2.12 bits per heavy atom. The minimum absolute atomic E-state index is 0.110. The molecule has 1 heterocycles. The molecule has 0 atom stereocenters. The summed E-state index contributed by atoms with van der Waals surface area (Å²) in [5.74, 6) is 1.53. The van der Waals surface area contributed by atoms with E-state index in [0.29, 0.717) is 35.6 Å². The summed E-state index contributed by atoms with van der Waals surface area (Å²) in [5, 5.41) is 12.9. The summed E-state index contributed by atoms with van der Waals surface area (Å²) < 4.78 is 18.9. The standard InChI is InChI=1S/C20H21FN2O3/c1-2-7-26-12-13-3-5-16(6-4-13)23-20(25)15-8-14-9-17(21)19(24)10-18(14)22-11-15/h1,8-11,13,16,24H,3-7,12H2,(H,23,25). The van der Waals surface area contributed by atoms with Crippen LogP contribution in [0.25, 0.3) is 10.9 Å². The van der Waals surface area contributed by atoms with Crippen LogP contribution in [0.5, 0.6) is 5.75 Å². The molecule has 1 amide bonds. The molecule has 136 valence electrons. The second-order valence-electron chi connectivity index (χ2n) is 6.63. The molecule has 1 aliphatic rings. The van der Waals surface area contributed by atoms with Crippen molar-refractivity contribution in [3.8, 4) is 18.1 Å². The number of carbonyl (C=O) groups excluding carboxylic acids is 1. The van der Waals surface area contributed by atoms with Crippen molar-refractivity contribution in [1.29, 1.82) is 0 Å². The monoisotopic (exact) mass is 356 g/mol. The fourth-order valence-corrected chi connectivity index (χ4v) is 3.29. The van der Waals surface area contributed by atoms with E-state index < -0.39 is 11.6 Å². The first-order valence-corrected chi connectivity index (χ1v) is 8.67. The number of halogens is 1. The number of terminal acetylenes is 1. The van der Waals surface area contributed by atoms with Gasteiger partial charge in [-0.05, 0) is 43.7 Å². The van der Waals surface area contributed by atoms with Crippen LogP contribution in [0.15, 0.2) is 24.4 Å². The molecular weight excluding hydrogens is 335 g/mol. The van der Waals surface area contributed by atoms with Crippen molar-refractivity contribution in [2.24, 2.45) is 5.92 Å². The lowest BCUT2D eigenvalue weighted by atomic mass is 9.86. The van der Waals surface area contributed by atoms with Crippen LogP contribution in [-0.2, 0) is 4.74 Å². The summed E-state index contributed by atoms with van der Waals surface area (Å²) in [6.45, 7) is 1.00. The van der Waals surface area contributed by atoms with E-state index in [4.69, 9.17) is 11.2 Å². The first kappa shape index (κ1) is 18.2. The topological polar surface area (TPSA) is 71.5 Å². The van der Waals surface area contributed by atoms with Crippen LogP contribution in [0.3, 0.4) is 0 Å². The molecule has 1 fully saturated rings. The van der Waals surface area contributed by atoms with Crippen molar-refractivity contribution in [1.82, 2.24) is 10.3 Å². The van der Waals surface area contributed by atoms with E-state index in [1.165, 1.54) is 18.3 Å². The zero-order valence-corrected chi connectivity index (χ0v) is 14.4. The van der Waals surface area contributed by atoms with Crippen molar-refractivity contribution in [2.45, 2.75) is 31.7 Å². The lowest BCUT2D eigenvalue weighted by molar-refractivity contribution is 0.0873. The lowest BCUT2D eigenvalue weighted by Crippen LogP contribution is -2.38. The number of benzene rings is 1. The molecule has 1 saturated carbocycles. The molecule has 3 rings (SSSR count). The highest BCUT2D eigenvalue weighted by molar-refractivity contribution is 5.97. The van der Waals surface area contributed by atoms with Gasteiger partial charge in [0.15, 0.2) is 11.6 Å². The average Bonchev–Trinajstić information content (AvgIpc) is 2.64. The number of fused-ring (bicyclic) bond motifs is 1. The van der Waals surface area contributed by atoms with Crippen LogP contribution < -0.4 is 5.32 Å². The number of aromatic nitrogens is 1. The van der Waals surface area contributed by atoms with E-state index in [1.54, 1.807) is 6.07 Å². The number of rotatable bonds is 5. The molecule has 26 heavy (non-hydrogen) atoms. The van der Waals surface area contributed by atoms with Gasteiger partial charge in [-0.25, -0.2) is 4.39 Å². The average molecular weight is 356 g/mol. The summed E-state index contributed by atoms with van der Waals surface area (Å²) in [6, 6.07) is 4.12. The van der Waals surface area contributed by atoms with E-state index in [2.05, 4.69) is 16.2 Å². The third-order valence-corrected chi connectivity index (χ3v) is 4.73. The van der Waals surface area contributed by atoms with Crippen molar-refractivity contribution in [3.05, 3.63) is 35.8 Å². The Bertz CT molecular complexity index is 839. The Kier molecular flexibility index (Phi) is 5.69. The first-order chi connectivity index (χ1) is 12.6. The predicted octanol–water partition coefficient (Wildman–Crippen LogP) is 3.02. The normalized spacial score (nSPS) is 19.8. The van der Waals surface area contributed by atoms with Gasteiger partial charge in [-0.15, -0.1) is 6.42 Å². The zero-order valence-electron chi connectivity index (χ0n) is 14.4. The number of hydrogen-bond donors (Lipinski definition) is 2. The molecule has 0 saturated heterocycles. The number of ether oxygens (including phenoxy) is 1. The van der Waals surface area contributed by atoms with Gasteiger partial charge in [-0.1, -0.05) is 5.92 Å². The summed E-state index contributed by atoms with van der Waals surface area (Å²) >= 11 is 0. The minimum Gasteiger partial charge on any atom is -0.505 e. The lowest BCUT2D eigenvalue weighted by Gasteiger charge is -2.28. The predicted molar refractivity (Wildman–Crippen MR) is 96.2 cm³/mol. The van der Waals surface area contributed by atoms with Crippen LogP contribution in [0.2, 0.25) is 0 Å². The number of nitrogens with one attached hydrogen (secondary N) is 1. The maximum absolute atomic E-state index is 13.5. The number of aromatic hydroxyl groups is 1. The molecule has 0 aliphatic heterocycles. The Morgan fingerprint density at radius 3 is 2.85 bits per heavy atom.